The van der Waals surface area contributed by atoms with E-state index in [4.69, 9.17) is 5.84 Å². The number of aromatic nitrogens is 1. The van der Waals surface area contributed by atoms with E-state index < -0.39 is 0 Å². The molecule has 0 unspecified atom stereocenters. The van der Waals surface area contributed by atoms with Crippen LogP contribution in [-0.4, -0.2) is 36.4 Å². The highest BCUT2D eigenvalue weighted by Gasteiger charge is 2.13. The van der Waals surface area contributed by atoms with Gasteiger partial charge in [-0.25, -0.2) is 10.8 Å². The number of hydrogen-bond acceptors (Lipinski definition) is 5. The molecule has 0 bridgehead atoms. The van der Waals surface area contributed by atoms with Crippen molar-refractivity contribution in [3.05, 3.63) is 15.6 Å². The van der Waals surface area contributed by atoms with Crippen molar-refractivity contribution in [3.8, 4) is 0 Å². The van der Waals surface area contributed by atoms with Gasteiger partial charge in [0.1, 0.15) is 4.88 Å². The van der Waals surface area contributed by atoms with Crippen LogP contribution in [0.1, 0.15) is 20.4 Å². The van der Waals surface area contributed by atoms with Crippen LogP contribution in [0, 0.1) is 6.92 Å². The van der Waals surface area contributed by atoms with E-state index in [-0.39, 0.29) is 5.91 Å². The summed E-state index contributed by atoms with van der Waals surface area (Å²) in [5.74, 6) is 4.81. The lowest BCUT2D eigenvalue weighted by Gasteiger charge is -2.06. The molecule has 0 spiro atoms. The topological polar surface area (TPSA) is 71.2 Å². The predicted molar refractivity (Wildman–Crippen MR) is 60.8 cm³/mol. The fraction of sp³-hybridized carbons (Fsp3) is 0.556. The zero-order chi connectivity index (χ0) is 11.4. The van der Waals surface area contributed by atoms with E-state index >= 15 is 0 Å². The number of nitrogens with zero attached hydrogens (tertiary/aromatic N) is 2. The largest absolute Gasteiger partial charge is 0.309 e. The number of nitrogens with one attached hydrogen (secondary N) is 1. The van der Waals surface area contributed by atoms with E-state index in [1.807, 2.05) is 21.0 Å². The smallest absolute Gasteiger partial charge is 0.277 e. The minimum atomic E-state index is -0.263. The number of thiazole rings is 1. The van der Waals surface area contributed by atoms with Crippen LogP contribution < -0.4 is 11.3 Å². The van der Waals surface area contributed by atoms with Gasteiger partial charge in [0.25, 0.3) is 5.91 Å². The average Bonchev–Trinajstić information content (AvgIpc) is 2.55. The summed E-state index contributed by atoms with van der Waals surface area (Å²) >= 11 is 1.40. The Labute approximate surface area is 93.3 Å². The summed E-state index contributed by atoms with van der Waals surface area (Å²) in [5.41, 5.74) is 2.87. The molecule has 1 aromatic rings. The first-order valence-electron chi connectivity index (χ1n) is 4.66. The molecule has 3 N–H and O–H groups in total. The molecule has 15 heavy (non-hydrogen) atoms. The van der Waals surface area contributed by atoms with Crippen molar-refractivity contribution in [2.75, 3.05) is 20.6 Å². The highest BCUT2D eigenvalue weighted by molar-refractivity contribution is 7.13. The maximum atomic E-state index is 11.3. The molecule has 1 rings (SSSR count). The lowest BCUT2D eigenvalue weighted by Crippen LogP contribution is -2.29. The summed E-state index contributed by atoms with van der Waals surface area (Å²) in [6, 6.07) is 0. The second-order valence-electron chi connectivity index (χ2n) is 3.55. The number of carbonyl (C=O) groups is 1. The van der Waals surface area contributed by atoms with Gasteiger partial charge in [-0.1, -0.05) is 0 Å². The minimum Gasteiger partial charge on any atom is -0.309 e. The van der Waals surface area contributed by atoms with Gasteiger partial charge in [0.05, 0.1) is 10.7 Å². The molecule has 1 aromatic heterocycles. The molecule has 84 valence electrons. The van der Waals surface area contributed by atoms with Crippen LogP contribution in [0.25, 0.3) is 0 Å². The summed E-state index contributed by atoms with van der Waals surface area (Å²) < 4.78 is 0. The second kappa shape index (κ2) is 5.20. The number of amides is 1. The molecular weight excluding hydrogens is 212 g/mol. The van der Waals surface area contributed by atoms with Crippen LogP contribution in [0.5, 0.6) is 0 Å². The van der Waals surface area contributed by atoms with Gasteiger partial charge in [-0.15, -0.1) is 11.3 Å². The van der Waals surface area contributed by atoms with Gasteiger partial charge < -0.3 is 4.90 Å². The van der Waals surface area contributed by atoms with Crippen LogP contribution in [-0.2, 0) is 6.42 Å². The highest BCUT2D eigenvalue weighted by Crippen LogP contribution is 2.18. The summed E-state index contributed by atoms with van der Waals surface area (Å²) in [6.45, 7) is 2.75. The fourth-order valence-electron chi connectivity index (χ4n) is 1.15. The van der Waals surface area contributed by atoms with E-state index in [2.05, 4.69) is 15.3 Å². The van der Waals surface area contributed by atoms with Crippen LogP contribution >= 0.6 is 11.3 Å². The van der Waals surface area contributed by atoms with Crippen molar-refractivity contribution in [2.24, 2.45) is 5.84 Å². The lowest BCUT2D eigenvalue weighted by molar-refractivity contribution is 0.0957. The Hall–Kier alpha value is -0.980. The van der Waals surface area contributed by atoms with Gasteiger partial charge in [0.15, 0.2) is 0 Å². The normalized spacial score (nSPS) is 10.7. The Balaban J connectivity index is 2.72. The summed E-state index contributed by atoms with van der Waals surface area (Å²) in [6.07, 6.45) is 0.857. The number of nitrogens with two attached hydrogens (primary N) is 1. The maximum absolute atomic E-state index is 11.3. The molecule has 0 aliphatic heterocycles. The molecule has 0 saturated heterocycles. The molecule has 0 radical (unpaired) electrons. The maximum Gasteiger partial charge on any atom is 0.277 e. The zero-order valence-electron chi connectivity index (χ0n) is 9.20. The van der Waals surface area contributed by atoms with E-state index in [1.165, 1.54) is 11.3 Å². The fourth-order valence-corrected chi connectivity index (χ4v) is 2.11. The number of carbonyl (C=O) groups excluding carboxylic acids is 1. The van der Waals surface area contributed by atoms with Gasteiger partial charge in [0.2, 0.25) is 0 Å². The van der Waals surface area contributed by atoms with Crippen LogP contribution in [0.3, 0.4) is 0 Å². The molecule has 0 atom stereocenters. The SMILES string of the molecule is Cc1nc(CCN(C)C)sc1C(=O)NN. The first kappa shape index (κ1) is 12.1. The minimum absolute atomic E-state index is 0.263. The third-order valence-corrected chi connectivity index (χ3v) is 3.17. The molecule has 0 saturated carbocycles. The van der Waals surface area contributed by atoms with E-state index in [1.54, 1.807) is 0 Å². The number of hydrazine groups is 1. The standard InChI is InChI=1S/C9H16N4OS/c1-6-8(9(14)12-10)15-7(11-6)4-5-13(2)3/h4-5,10H2,1-3H3,(H,12,14). The van der Waals surface area contributed by atoms with Gasteiger partial charge >= 0.3 is 0 Å². The first-order valence-corrected chi connectivity index (χ1v) is 5.48. The lowest BCUT2D eigenvalue weighted by atomic mass is 10.4. The van der Waals surface area contributed by atoms with Gasteiger partial charge in [-0.3, -0.25) is 10.2 Å². The Kier molecular flexibility index (Phi) is 4.19. The van der Waals surface area contributed by atoms with Crippen LogP contribution in [0.15, 0.2) is 0 Å². The van der Waals surface area contributed by atoms with Crippen molar-refractivity contribution in [1.29, 1.82) is 0 Å². The molecular formula is C9H16N4OS. The number of nitrogen functional groups attached to an aromatic ring is 1. The van der Waals surface area contributed by atoms with Crippen molar-refractivity contribution >= 4 is 17.2 Å². The highest BCUT2D eigenvalue weighted by atomic mass is 32.1. The number of likely N-dealkylation sites (N-methyl/N-ethyl adjacent to an activating group) is 1. The number of hydrogen-bond donors (Lipinski definition) is 2. The molecule has 1 amide bonds. The first-order chi connectivity index (χ1) is 7.04. The summed E-state index contributed by atoms with van der Waals surface area (Å²) in [5, 5.41) is 0.972. The predicted octanol–water partition coefficient (Wildman–Crippen LogP) is 0.159. The van der Waals surface area contributed by atoms with Crippen molar-refractivity contribution in [1.82, 2.24) is 15.3 Å². The quantitative estimate of drug-likeness (QED) is 0.437. The monoisotopic (exact) mass is 228 g/mol. The van der Waals surface area contributed by atoms with E-state index in [9.17, 15) is 4.79 Å². The van der Waals surface area contributed by atoms with Gasteiger partial charge in [0, 0.05) is 13.0 Å². The van der Waals surface area contributed by atoms with Gasteiger partial charge in [-0.05, 0) is 21.0 Å². The van der Waals surface area contributed by atoms with Crippen LogP contribution in [0.2, 0.25) is 0 Å². The number of rotatable bonds is 4. The second-order valence-corrected chi connectivity index (χ2v) is 4.63. The molecule has 5 nitrogen and oxygen atoms in total. The Morgan fingerprint density at radius 2 is 2.27 bits per heavy atom. The third kappa shape index (κ3) is 3.26. The summed E-state index contributed by atoms with van der Waals surface area (Å²) in [7, 11) is 4.02. The average molecular weight is 228 g/mol. The Morgan fingerprint density at radius 1 is 1.60 bits per heavy atom. The molecule has 0 aliphatic rings. The van der Waals surface area contributed by atoms with Crippen molar-refractivity contribution < 1.29 is 4.79 Å². The van der Waals surface area contributed by atoms with Gasteiger partial charge in [-0.2, -0.15) is 0 Å². The summed E-state index contributed by atoms with van der Waals surface area (Å²) in [4.78, 5) is 18.3. The number of aryl methyl sites for hydroxylation is 1. The Bertz CT molecular complexity index is 348. The molecule has 0 aromatic carbocycles. The van der Waals surface area contributed by atoms with E-state index in [0.717, 1.165) is 23.7 Å². The third-order valence-electron chi connectivity index (χ3n) is 1.95. The molecule has 0 aliphatic carbocycles. The van der Waals surface area contributed by atoms with E-state index in [0.29, 0.717) is 4.88 Å². The Morgan fingerprint density at radius 3 is 2.80 bits per heavy atom. The molecule has 6 heteroatoms. The molecule has 1 heterocycles. The molecule has 0 fully saturated rings. The van der Waals surface area contributed by atoms with Crippen molar-refractivity contribution in [2.45, 2.75) is 13.3 Å². The zero-order valence-corrected chi connectivity index (χ0v) is 10.0. The van der Waals surface area contributed by atoms with Crippen LogP contribution in [0.4, 0.5) is 0 Å². The van der Waals surface area contributed by atoms with Crippen molar-refractivity contribution in [3.63, 3.8) is 0 Å².